The molecule has 0 saturated carbocycles. The summed E-state index contributed by atoms with van der Waals surface area (Å²) in [5, 5.41) is 15.6. The molecule has 1 amide bonds. The zero-order valence-corrected chi connectivity index (χ0v) is 24.2. The highest BCUT2D eigenvalue weighted by molar-refractivity contribution is 6.00. The summed E-state index contributed by atoms with van der Waals surface area (Å²) in [6.45, 7) is 3.48. The van der Waals surface area contributed by atoms with Crippen LogP contribution in [0.25, 0.3) is 55.7 Å². The number of carbonyl (C=O) groups excluding carboxylic acids is 1. The molecule has 0 aliphatic carbocycles. The molecule has 0 aliphatic rings. The zero-order valence-electron chi connectivity index (χ0n) is 24.2. The van der Waals surface area contributed by atoms with E-state index in [1.54, 1.807) is 24.8 Å². The number of hydrogen-bond acceptors (Lipinski definition) is 7. The molecule has 10 nitrogen and oxygen atoms in total. The predicted molar refractivity (Wildman–Crippen MR) is 168 cm³/mol. The predicted octanol–water partition coefficient (Wildman–Crippen LogP) is 6.08. The minimum Gasteiger partial charge on any atom is -0.384 e. The van der Waals surface area contributed by atoms with Crippen molar-refractivity contribution in [2.75, 3.05) is 37.8 Å². The van der Waals surface area contributed by atoms with Crippen LogP contribution in [0.2, 0.25) is 0 Å². The summed E-state index contributed by atoms with van der Waals surface area (Å²) in [5.74, 6) is -0.383. The van der Waals surface area contributed by atoms with E-state index >= 15 is 0 Å². The van der Waals surface area contributed by atoms with E-state index in [1.807, 2.05) is 51.4 Å². The van der Waals surface area contributed by atoms with Gasteiger partial charge in [0.15, 0.2) is 0 Å². The lowest BCUT2D eigenvalue weighted by Gasteiger charge is -2.12. The Morgan fingerprint density at radius 2 is 1.77 bits per heavy atom. The molecule has 4 N–H and O–H groups in total. The van der Waals surface area contributed by atoms with Gasteiger partial charge in [-0.05, 0) is 63.0 Å². The first kappa shape index (κ1) is 28.0. The monoisotopic (exact) mass is 577 g/mol. The minimum absolute atomic E-state index is 0.0512. The highest BCUT2D eigenvalue weighted by atomic mass is 19.1. The maximum absolute atomic E-state index is 14.7. The number of benzene rings is 1. The van der Waals surface area contributed by atoms with Gasteiger partial charge in [-0.3, -0.25) is 24.8 Å². The van der Waals surface area contributed by atoms with E-state index in [0.29, 0.717) is 47.0 Å². The zero-order chi connectivity index (χ0) is 29.9. The SMILES string of the molecule is CCCC(=O)Nc1cncc(-c2cc3c(-c4cc5c(-c6cc(F)cc(NCCN(C)C)c6)nccc5[nH]4)n[nH]c3cn2)c1. The molecule has 6 rings (SSSR count). The van der Waals surface area contributed by atoms with Crippen LogP contribution >= 0.6 is 0 Å². The van der Waals surface area contributed by atoms with Crippen LogP contribution < -0.4 is 10.6 Å². The molecule has 0 unspecified atom stereocenters. The molecule has 218 valence electrons. The van der Waals surface area contributed by atoms with Gasteiger partial charge in [0.2, 0.25) is 5.91 Å². The molecule has 1 aromatic carbocycles. The largest absolute Gasteiger partial charge is 0.384 e. The van der Waals surface area contributed by atoms with Crippen molar-refractivity contribution < 1.29 is 9.18 Å². The maximum Gasteiger partial charge on any atom is 0.224 e. The number of H-pyrrole nitrogens is 2. The Morgan fingerprint density at radius 3 is 2.60 bits per heavy atom. The fourth-order valence-electron chi connectivity index (χ4n) is 5.04. The summed E-state index contributed by atoms with van der Waals surface area (Å²) in [7, 11) is 4.00. The topological polar surface area (TPSA) is 128 Å². The van der Waals surface area contributed by atoms with Gasteiger partial charge >= 0.3 is 0 Å². The Balaban J connectivity index is 1.35. The van der Waals surface area contributed by atoms with Crippen LogP contribution in [0.4, 0.5) is 15.8 Å². The molecule has 5 heterocycles. The standard InChI is InChI=1S/C32H32FN9O/c1-4-5-30(43)38-23-12-20(16-34-17-23)27-14-25-29(18-37-27)40-41-32(25)28-15-24-26(39-28)6-7-36-31(24)19-10-21(33)13-22(11-19)35-8-9-42(2)3/h6-7,10-18,35,39H,4-5,8-9H2,1-3H3,(H,38,43)(H,40,41). The van der Waals surface area contributed by atoms with Crippen molar-refractivity contribution in [3.63, 3.8) is 0 Å². The third kappa shape index (κ3) is 6.07. The van der Waals surface area contributed by atoms with Gasteiger partial charge in [0.25, 0.3) is 0 Å². The Labute approximate surface area is 247 Å². The quantitative estimate of drug-likeness (QED) is 0.155. The lowest BCUT2D eigenvalue weighted by Crippen LogP contribution is -2.20. The van der Waals surface area contributed by atoms with E-state index in [0.717, 1.165) is 46.0 Å². The van der Waals surface area contributed by atoms with Gasteiger partial charge in [-0.2, -0.15) is 5.10 Å². The third-order valence-electron chi connectivity index (χ3n) is 7.10. The second-order valence-corrected chi connectivity index (χ2v) is 10.7. The molecule has 0 bridgehead atoms. The second kappa shape index (κ2) is 12.0. The lowest BCUT2D eigenvalue weighted by atomic mass is 10.1. The number of aromatic amines is 2. The van der Waals surface area contributed by atoms with Crippen molar-refractivity contribution in [2.45, 2.75) is 19.8 Å². The van der Waals surface area contributed by atoms with E-state index in [9.17, 15) is 9.18 Å². The second-order valence-electron chi connectivity index (χ2n) is 10.7. The van der Waals surface area contributed by atoms with E-state index in [1.165, 1.54) is 12.1 Å². The smallest absolute Gasteiger partial charge is 0.224 e. The number of carbonyl (C=O) groups is 1. The highest BCUT2D eigenvalue weighted by Gasteiger charge is 2.16. The molecule has 0 fully saturated rings. The molecule has 5 aromatic heterocycles. The Kier molecular flexibility index (Phi) is 7.80. The maximum atomic E-state index is 14.7. The number of amides is 1. The number of fused-ring (bicyclic) bond motifs is 2. The van der Waals surface area contributed by atoms with Crippen LogP contribution in [0.3, 0.4) is 0 Å². The fourth-order valence-corrected chi connectivity index (χ4v) is 5.04. The summed E-state index contributed by atoms with van der Waals surface area (Å²) in [5.41, 5.74) is 7.27. The summed E-state index contributed by atoms with van der Waals surface area (Å²) < 4.78 is 14.7. The number of aromatic nitrogens is 6. The number of halogens is 1. The van der Waals surface area contributed by atoms with Gasteiger partial charge in [-0.15, -0.1) is 0 Å². The normalized spacial score (nSPS) is 11.5. The van der Waals surface area contributed by atoms with Crippen LogP contribution in [0.15, 0.2) is 67.3 Å². The van der Waals surface area contributed by atoms with Crippen LogP contribution in [-0.2, 0) is 4.79 Å². The van der Waals surface area contributed by atoms with E-state index < -0.39 is 0 Å². The van der Waals surface area contributed by atoms with Crippen LogP contribution in [0, 0.1) is 5.82 Å². The fraction of sp³-hybridized carbons (Fsp3) is 0.219. The summed E-state index contributed by atoms with van der Waals surface area (Å²) in [4.78, 5) is 31.1. The number of hydrogen-bond donors (Lipinski definition) is 4. The van der Waals surface area contributed by atoms with Gasteiger partial charge in [0, 0.05) is 65.0 Å². The Morgan fingerprint density at radius 1 is 0.930 bits per heavy atom. The molecule has 11 heteroatoms. The molecule has 0 radical (unpaired) electrons. The van der Waals surface area contributed by atoms with Crippen molar-refractivity contribution in [1.82, 2.24) is 35.0 Å². The number of nitrogens with one attached hydrogen (secondary N) is 4. The van der Waals surface area contributed by atoms with Crippen molar-refractivity contribution in [2.24, 2.45) is 0 Å². The summed E-state index contributed by atoms with van der Waals surface area (Å²) in [6, 6.07) is 12.6. The molecule has 43 heavy (non-hydrogen) atoms. The van der Waals surface area contributed by atoms with Crippen LogP contribution in [0.1, 0.15) is 19.8 Å². The van der Waals surface area contributed by atoms with Crippen LogP contribution in [0.5, 0.6) is 0 Å². The van der Waals surface area contributed by atoms with Crippen molar-refractivity contribution >= 4 is 39.1 Å². The van der Waals surface area contributed by atoms with Crippen molar-refractivity contribution in [3.05, 3.63) is 73.1 Å². The number of rotatable bonds is 10. The first-order valence-electron chi connectivity index (χ1n) is 14.1. The number of anilines is 2. The molecular formula is C32H32FN9O. The van der Waals surface area contributed by atoms with Crippen LogP contribution in [-0.4, -0.2) is 68.1 Å². The lowest BCUT2D eigenvalue weighted by molar-refractivity contribution is -0.116. The van der Waals surface area contributed by atoms with Crippen molar-refractivity contribution in [3.8, 4) is 33.9 Å². The molecule has 0 saturated heterocycles. The summed E-state index contributed by atoms with van der Waals surface area (Å²) in [6.07, 6.45) is 8.00. The average Bonchev–Trinajstić information content (AvgIpc) is 3.60. The third-order valence-corrected chi connectivity index (χ3v) is 7.10. The van der Waals surface area contributed by atoms with E-state index in [4.69, 9.17) is 0 Å². The molecular weight excluding hydrogens is 545 g/mol. The van der Waals surface area contributed by atoms with Gasteiger partial charge in [0.1, 0.15) is 11.5 Å². The Bertz CT molecular complexity index is 1930. The Hall–Kier alpha value is -5.16. The van der Waals surface area contributed by atoms with E-state index in [-0.39, 0.29) is 11.7 Å². The average molecular weight is 578 g/mol. The first-order valence-corrected chi connectivity index (χ1v) is 14.1. The molecule has 0 aliphatic heterocycles. The molecule has 6 aromatic rings. The van der Waals surface area contributed by atoms with Gasteiger partial charge in [-0.25, -0.2) is 4.39 Å². The number of pyridine rings is 3. The number of nitrogens with zero attached hydrogens (tertiary/aromatic N) is 5. The first-order chi connectivity index (χ1) is 20.9. The van der Waals surface area contributed by atoms with Gasteiger partial charge in [0.05, 0.1) is 40.7 Å². The number of likely N-dealkylation sites (N-methyl/N-ethyl adjacent to an activating group) is 1. The van der Waals surface area contributed by atoms with E-state index in [2.05, 4.69) is 45.7 Å². The molecule has 0 spiro atoms. The van der Waals surface area contributed by atoms with Gasteiger partial charge < -0.3 is 20.5 Å². The molecule has 0 atom stereocenters. The van der Waals surface area contributed by atoms with Gasteiger partial charge in [-0.1, -0.05) is 6.92 Å². The summed E-state index contributed by atoms with van der Waals surface area (Å²) >= 11 is 0. The minimum atomic E-state index is -0.332. The highest BCUT2D eigenvalue weighted by Crippen LogP contribution is 2.35. The van der Waals surface area contributed by atoms with Crippen molar-refractivity contribution in [1.29, 1.82) is 0 Å².